The molecule has 2 aromatic rings. The van der Waals surface area contributed by atoms with Crippen LogP contribution in [0, 0.1) is 0 Å². The maximum Gasteiger partial charge on any atom is 0.205 e. The lowest BCUT2D eigenvalue weighted by Crippen LogP contribution is -3.00. The fourth-order valence-electron chi connectivity index (χ4n) is 2.36. The minimum atomic E-state index is 0. The molecule has 0 saturated heterocycles. The lowest BCUT2D eigenvalue weighted by molar-refractivity contribution is -0.673. The number of aryl methyl sites for hydroxylation is 1. The van der Waals surface area contributed by atoms with Crippen LogP contribution in [0.2, 0.25) is 0 Å². The number of benzene rings is 1. The number of allylic oxidation sites excluding steroid dienone is 2. The van der Waals surface area contributed by atoms with Crippen molar-refractivity contribution in [3.8, 4) is 0 Å². The third-order valence-corrected chi connectivity index (χ3v) is 3.47. The molecule has 1 aliphatic rings. The van der Waals surface area contributed by atoms with Crippen LogP contribution >= 0.6 is 0 Å². The van der Waals surface area contributed by atoms with E-state index < -0.39 is 0 Å². The average molecular weight is 376 g/mol. The summed E-state index contributed by atoms with van der Waals surface area (Å²) in [7, 11) is 4.14. The van der Waals surface area contributed by atoms with E-state index in [4.69, 9.17) is 0 Å². The van der Waals surface area contributed by atoms with Crippen molar-refractivity contribution in [3.05, 3.63) is 72.2 Å². The molecule has 2 nitrogen and oxygen atoms in total. The first-order valence-corrected chi connectivity index (χ1v) is 6.42. The highest BCUT2D eigenvalue weighted by atomic mass is 127. The number of aromatic nitrogens is 1. The molecule has 1 aromatic heterocycles. The fraction of sp³-hybridized carbons (Fsp3) is 0.118. The van der Waals surface area contributed by atoms with E-state index in [0.29, 0.717) is 0 Å². The van der Waals surface area contributed by atoms with E-state index >= 15 is 0 Å². The Morgan fingerprint density at radius 1 is 1.05 bits per heavy atom. The number of hydrogen-bond acceptors (Lipinski definition) is 1. The van der Waals surface area contributed by atoms with Gasteiger partial charge in [0.25, 0.3) is 0 Å². The molecule has 0 N–H and O–H groups in total. The van der Waals surface area contributed by atoms with Gasteiger partial charge in [0, 0.05) is 42.7 Å². The topological polar surface area (TPSA) is 7.12 Å². The molecule has 0 bridgehead atoms. The second kappa shape index (κ2) is 6.22. The van der Waals surface area contributed by atoms with Gasteiger partial charge in [-0.2, -0.15) is 0 Å². The molecule has 1 aromatic carbocycles. The third-order valence-electron chi connectivity index (χ3n) is 3.47. The molecule has 1 aliphatic heterocycles. The Hall–Kier alpha value is -1.62. The summed E-state index contributed by atoms with van der Waals surface area (Å²) in [5.41, 5.74) is 4.96. The highest BCUT2D eigenvalue weighted by Gasteiger charge is 2.14. The number of para-hydroxylation sites is 1. The van der Waals surface area contributed by atoms with Crippen LogP contribution in [0.4, 0.5) is 5.69 Å². The molecule has 2 heterocycles. The number of halogens is 1. The van der Waals surface area contributed by atoms with Crippen molar-refractivity contribution in [2.45, 2.75) is 0 Å². The summed E-state index contributed by atoms with van der Waals surface area (Å²) in [6.07, 6.45) is 8.56. The van der Waals surface area contributed by atoms with Crippen molar-refractivity contribution in [1.82, 2.24) is 0 Å². The largest absolute Gasteiger partial charge is 1.00 e. The monoisotopic (exact) mass is 376 g/mol. The molecule has 3 heteroatoms. The van der Waals surface area contributed by atoms with Gasteiger partial charge in [-0.25, -0.2) is 4.57 Å². The Morgan fingerprint density at radius 3 is 2.60 bits per heavy atom. The average Bonchev–Trinajstić information content (AvgIpc) is 2.44. The Kier molecular flexibility index (Phi) is 4.60. The quantitative estimate of drug-likeness (QED) is 0.503. The van der Waals surface area contributed by atoms with E-state index in [1.165, 1.54) is 22.5 Å². The molecule has 3 rings (SSSR count). The van der Waals surface area contributed by atoms with Crippen molar-refractivity contribution in [1.29, 1.82) is 0 Å². The summed E-state index contributed by atoms with van der Waals surface area (Å²) in [6, 6.07) is 14.7. The zero-order valence-corrected chi connectivity index (χ0v) is 13.8. The van der Waals surface area contributed by atoms with Gasteiger partial charge >= 0.3 is 0 Å². The number of pyridine rings is 1. The summed E-state index contributed by atoms with van der Waals surface area (Å²) in [4.78, 5) is 2.15. The number of anilines is 1. The molecule has 0 atom stereocenters. The Morgan fingerprint density at radius 2 is 1.80 bits per heavy atom. The van der Waals surface area contributed by atoms with Crippen LogP contribution < -0.4 is 33.4 Å². The summed E-state index contributed by atoms with van der Waals surface area (Å²) in [6.45, 7) is 0. The lowest BCUT2D eigenvalue weighted by Gasteiger charge is -2.23. The molecule has 0 unspecified atom stereocenters. The van der Waals surface area contributed by atoms with Gasteiger partial charge in [-0.3, -0.25) is 0 Å². The van der Waals surface area contributed by atoms with Crippen LogP contribution in [0.15, 0.2) is 60.9 Å². The number of nitrogens with zero attached hydrogens (tertiary/aromatic N) is 2. The summed E-state index contributed by atoms with van der Waals surface area (Å²) in [5, 5.41) is 0. The van der Waals surface area contributed by atoms with Crippen LogP contribution in [-0.2, 0) is 7.05 Å². The van der Waals surface area contributed by atoms with Gasteiger partial charge < -0.3 is 28.9 Å². The second-order valence-electron chi connectivity index (χ2n) is 4.78. The zero-order valence-electron chi connectivity index (χ0n) is 11.6. The van der Waals surface area contributed by atoms with E-state index in [0.717, 1.165) is 0 Å². The van der Waals surface area contributed by atoms with Gasteiger partial charge in [0.15, 0.2) is 6.20 Å². The van der Waals surface area contributed by atoms with Crippen molar-refractivity contribution < 1.29 is 28.5 Å². The first kappa shape index (κ1) is 14.8. The second-order valence-corrected chi connectivity index (χ2v) is 4.78. The van der Waals surface area contributed by atoms with Gasteiger partial charge in [0.1, 0.15) is 7.05 Å². The minimum absolute atomic E-state index is 0. The van der Waals surface area contributed by atoms with Gasteiger partial charge in [-0.1, -0.05) is 18.2 Å². The molecule has 102 valence electrons. The Bertz CT molecular complexity index is 674. The van der Waals surface area contributed by atoms with E-state index in [1.807, 2.05) is 6.07 Å². The SMILES string of the molecule is CN1C=C/C(=C/c2cccc[n+]2C)c2ccccc21.[I-]. The van der Waals surface area contributed by atoms with Crippen molar-refractivity contribution >= 4 is 17.3 Å². The first-order valence-electron chi connectivity index (χ1n) is 6.42. The van der Waals surface area contributed by atoms with Gasteiger partial charge in [0.05, 0.1) is 0 Å². The number of rotatable bonds is 1. The number of fused-ring (bicyclic) bond motifs is 1. The summed E-state index contributed by atoms with van der Waals surface area (Å²) in [5.74, 6) is 0. The molecular weight excluding hydrogens is 359 g/mol. The minimum Gasteiger partial charge on any atom is -1.00 e. The zero-order chi connectivity index (χ0) is 13.2. The van der Waals surface area contributed by atoms with Crippen LogP contribution in [-0.4, -0.2) is 7.05 Å². The fourth-order valence-corrected chi connectivity index (χ4v) is 2.36. The number of hydrogen-bond donors (Lipinski definition) is 0. The smallest absolute Gasteiger partial charge is 0.205 e. The van der Waals surface area contributed by atoms with Gasteiger partial charge in [0.2, 0.25) is 5.69 Å². The van der Waals surface area contributed by atoms with Crippen molar-refractivity contribution in [2.75, 3.05) is 11.9 Å². The van der Waals surface area contributed by atoms with Gasteiger partial charge in [-0.15, -0.1) is 0 Å². The Balaban J connectivity index is 0.00000147. The summed E-state index contributed by atoms with van der Waals surface area (Å²) >= 11 is 0. The maximum atomic E-state index is 2.22. The molecule has 20 heavy (non-hydrogen) atoms. The van der Waals surface area contributed by atoms with Crippen LogP contribution in [0.1, 0.15) is 11.3 Å². The third kappa shape index (κ3) is 2.77. The van der Waals surface area contributed by atoms with Crippen LogP contribution in [0.25, 0.3) is 11.6 Å². The molecule has 0 spiro atoms. The predicted molar refractivity (Wildman–Crippen MR) is 79.5 cm³/mol. The molecular formula is C17H17IN2. The van der Waals surface area contributed by atoms with Crippen LogP contribution in [0.5, 0.6) is 0 Å². The highest BCUT2D eigenvalue weighted by molar-refractivity contribution is 5.93. The van der Waals surface area contributed by atoms with Crippen LogP contribution in [0.3, 0.4) is 0 Å². The van der Waals surface area contributed by atoms with Crippen molar-refractivity contribution in [2.24, 2.45) is 7.05 Å². The molecule has 0 amide bonds. The van der Waals surface area contributed by atoms with E-state index in [-0.39, 0.29) is 24.0 Å². The molecule has 0 fully saturated rings. The molecule has 0 radical (unpaired) electrons. The van der Waals surface area contributed by atoms with E-state index in [9.17, 15) is 0 Å². The molecule has 0 aliphatic carbocycles. The van der Waals surface area contributed by atoms with E-state index in [2.05, 4.69) is 84.5 Å². The standard InChI is InChI=1S/C17H17N2.HI/c1-18-11-6-5-7-15(18)13-14-10-12-19(2)17-9-4-3-8-16(14)17;/h3-13H,1-2H3;1H/q+1;/p-1. The first-order chi connectivity index (χ1) is 9.25. The predicted octanol–water partition coefficient (Wildman–Crippen LogP) is 0.0192. The summed E-state index contributed by atoms with van der Waals surface area (Å²) < 4.78 is 2.13. The van der Waals surface area contributed by atoms with E-state index in [1.54, 1.807) is 0 Å². The normalized spacial score (nSPS) is 14.9. The highest BCUT2D eigenvalue weighted by Crippen LogP contribution is 2.32. The maximum absolute atomic E-state index is 2.22. The molecule has 0 saturated carbocycles. The van der Waals surface area contributed by atoms with Gasteiger partial charge in [-0.05, 0) is 23.8 Å². The Labute approximate surface area is 137 Å². The van der Waals surface area contributed by atoms with Crippen molar-refractivity contribution in [3.63, 3.8) is 0 Å². The lowest BCUT2D eigenvalue weighted by atomic mass is 9.99.